The highest BCUT2D eigenvalue weighted by atomic mass is 14.9. The lowest BCUT2D eigenvalue weighted by Crippen LogP contribution is -1.89. The molecule has 46 valence electrons. The van der Waals surface area contributed by atoms with Gasteiger partial charge in [-0.15, -0.1) is 0 Å². The predicted molar refractivity (Wildman–Crippen MR) is 37.8 cm³/mol. The molecule has 0 bridgehead atoms. The topological polar surface area (TPSA) is 24.7 Å². The molecule has 2 nitrogen and oxygen atoms in total. The van der Waals surface area contributed by atoms with E-state index in [1.54, 1.807) is 7.05 Å². The number of hydrogen-bond acceptors (Lipinski definition) is 1. The van der Waals surface area contributed by atoms with Crippen LogP contribution in [0.15, 0.2) is 9.98 Å². The smallest absolute Gasteiger partial charge is 0.119 e. The fraction of sp³-hybridized carbons (Fsp3) is 0.667. The number of nitrogens with zero attached hydrogens (tertiary/aromatic N) is 2. The van der Waals surface area contributed by atoms with Gasteiger partial charge in [-0.1, -0.05) is 0 Å². The fourth-order valence-electron chi connectivity index (χ4n) is 0.374. The van der Waals surface area contributed by atoms with Crippen molar-refractivity contribution in [3.63, 3.8) is 0 Å². The Labute approximate surface area is 50.4 Å². The molecule has 0 radical (unpaired) electrons. The lowest BCUT2D eigenvalue weighted by molar-refractivity contribution is 1.37. The molecular formula is C6H12N2. The van der Waals surface area contributed by atoms with Gasteiger partial charge in [0.2, 0.25) is 0 Å². The van der Waals surface area contributed by atoms with Gasteiger partial charge in [-0.2, -0.15) is 0 Å². The van der Waals surface area contributed by atoms with Crippen molar-refractivity contribution >= 4 is 11.5 Å². The Hall–Kier alpha value is -0.660. The van der Waals surface area contributed by atoms with E-state index in [0.717, 1.165) is 11.5 Å². The van der Waals surface area contributed by atoms with E-state index in [0.29, 0.717) is 0 Å². The van der Waals surface area contributed by atoms with Crippen LogP contribution in [0.3, 0.4) is 0 Å². The maximum atomic E-state index is 4.06. The third-order valence-electron chi connectivity index (χ3n) is 0.709. The first-order chi connectivity index (χ1) is 3.66. The molecule has 2 heteroatoms. The lowest BCUT2D eigenvalue weighted by Gasteiger charge is -1.87. The molecule has 0 saturated heterocycles. The zero-order valence-electron chi connectivity index (χ0n) is 5.89. The number of amidine groups is 1. The maximum absolute atomic E-state index is 4.06. The molecule has 0 aromatic carbocycles. The zero-order valence-corrected chi connectivity index (χ0v) is 5.89. The Morgan fingerprint density at radius 1 is 1.12 bits per heavy atom. The van der Waals surface area contributed by atoms with Gasteiger partial charge in [-0.3, -0.25) is 4.99 Å². The molecule has 0 aromatic heterocycles. The summed E-state index contributed by atoms with van der Waals surface area (Å²) in [6.07, 6.45) is 0. The summed E-state index contributed by atoms with van der Waals surface area (Å²) in [4.78, 5) is 7.92. The van der Waals surface area contributed by atoms with Crippen molar-refractivity contribution in [2.75, 3.05) is 7.05 Å². The van der Waals surface area contributed by atoms with Crippen LogP contribution in [0.1, 0.15) is 20.8 Å². The van der Waals surface area contributed by atoms with Gasteiger partial charge in [0, 0.05) is 12.8 Å². The van der Waals surface area contributed by atoms with E-state index in [2.05, 4.69) is 9.98 Å². The molecule has 0 aliphatic carbocycles. The van der Waals surface area contributed by atoms with Crippen LogP contribution in [0.25, 0.3) is 0 Å². The first-order valence-electron chi connectivity index (χ1n) is 2.62. The lowest BCUT2D eigenvalue weighted by atomic mass is 10.5. The van der Waals surface area contributed by atoms with Crippen molar-refractivity contribution < 1.29 is 0 Å². The summed E-state index contributed by atoms with van der Waals surface area (Å²) >= 11 is 0. The van der Waals surface area contributed by atoms with Crippen molar-refractivity contribution in [3.8, 4) is 0 Å². The average molecular weight is 112 g/mol. The first-order valence-corrected chi connectivity index (χ1v) is 2.62. The first kappa shape index (κ1) is 7.34. The highest BCUT2D eigenvalue weighted by Crippen LogP contribution is 1.79. The Kier molecular flexibility index (Phi) is 3.08. The Bertz CT molecular complexity index is 118. The third-order valence-corrected chi connectivity index (χ3v) is 0.709. The minimum atomic E-state index is 0.838. The highest BCUT2D eigenvalue weighted by Gasteiger charge is 1.79. The second-order valence-corrected chi connectivity index (χ2v) is 1.83. The molecule has 0 atom stereocenters. The van der Waals surface area contributed by atoms with Crippen LogP contribution in [0.4, 0.5) is 0 Å². The summed E-state index contributed by atoms with van der Waals surface area (Å²) in [6.45, 7) is 5.79. The van der Waals surface area contributed by atoms with Crippen LogP contribution < -0.4 is 0 Å². The molecule has 8 heavy (non-hydrogen) atoms. The summed E-state index contributed by atoms with van der Waals surface area (Å²) in [5.41, 5.74) is 1.05. The van der Waals surface area contributed by atoms with Crippen molar-refractivity contribution in [1.29, 1.82) is 0 Å². The van der Waals surface area contributed by atoms with Crippen LogP contribution in [0, 0.1) is 0 Å². The van der Waals surface area contributed by atoms with Crippen LogP contribution >= 0.6 is 0 Å². The molecule has 0 N–H and O–H groups in total. The van der Waals surface area contributed by atoms with Crippen molar-refractivity contribution in [2.24, 2.45) is 9.98 Å². The summed E-state index contributed by atoms with van der Waals surface area (Å²) in [5, 5.41) is 0. The molecule has 0 aliphatic heterocycles. The number of rotatable bonds is 0. The van der Waals surface area contributed by atoms with Gasteiger partial charge in [-0.25, -0.2) is 4.99 Å². The second-order valence-electron chi connectivity index (χ2n) is 1.83. The molecule has 0 aliphatic rings. The largest absolute Gasteiger partial charge is 0.274 e. The molecular weight excluding hydrogens is 100 g/mol. The van der Waals surface area contributed by atoms with Crippen LogP contribution in [-0.4, -0.2) is 18.6 Å². The highest BCUT2D eigenvalue weighted by molar-refractivity contribution is 5.94. The van der Waals surface area contributed by atoms with Crippen LogP contribution in [0.2, 0.25) is 0 Å². The Morgan fingerprint density at radius 3 is 1.75 bits per heavy atom. The maximum Gasteiger partial charge on any atom is 0.119 e. The minimum absolute atomic E-state index is 0.838. The van der Waals surface area contributed by atoms with Crippen LogP contribution in [-0.2, 0) is 0 Å². The SMILES string of the molecule is C/N=C(/C)N=C(C)C. The molecule has 0 fully saturated rings. The molecule has 0 spiro atoms. The van der Waals surface area contributed by atoms with Crippen molar-refractivity contribution in [3.05, 3.63) is 0 Å². The zero-order chi connectivity index (χ0) is 6.57. The molecule has 0 unspecified atom stereocenters. The Balaban J connectivity index is 3.89. The van der Waals surface area contributed by atoms with Gasteiger partial charge in [0.25, 0.3) is 0 Å². The monoisotopic (exact) mass is 112 g/mol. The number of aliphatic imine (C=N–C) groups is 2. The van der Waals surface area contributed by atoms with E-state index >= 15 is 0 Å². The van der Waals surface area contributed by atoms with Crippen molar-refractivity contribution in [1.82, 2.24) is 0 Å². The Morgan fingerprint density at radius 2 is 1.62 bits per heavy atom. The fourth-order valence-corrected chi connectivity index (χ4v) is 0.374. The van der Waals surface area contributed by atoms with E-state index in [1.807, 2.05) is 20.8 Å². The molecule has 0 saturated carbocycles. The predicted octanol–water partition coefficient (Wildman–Crippen LogP) is 1.52. The summed E-state index contributed by atoms with van der Waals surface area (Å²) < 4.78 is 0. The molecule has 0 heterocycles. The third kappa shape index (κ3) is 3.53. The molecule has 0 rings (SSSR count). The molecule has 0 aromatic rings. The van der Waals surface area contributed by atoms with Gasteiger partial charge >= 0.3 is 0 Å². The standard InChI is InChI=1S/C6H12N2/c1-5(2)8-6(3)7-4/h1-4H3/b7-6-. The van der Waals surface area contributed by atoms with E-state index in [1.165, 1.54) is 0 Å². The quantitative estimate of drug-likeness (QED) is 0.335. The van der Waals surface area contributed by atoms with E-state index in [4.69, 9.17) is 0 Å². The normalized spacial score (nSPS) is 11.2. The van der Waals surface area contributed by atoms with Gasteiger partial charge in [0.1, 0.15) is 5.84 Å². The van der Waals surface area contributed by atoms with E-state index in [-0.39, 0.29) is 0 Å². The summed E-state index contributed by atoms with van der Waals surface area (Å²) in [6, 6.07) is 0. The minimum Gasteiger partial charge on any atom is -0.274 e. The summed E-state index contributed by atoms with van der Waals surface area (Å²) in [5.74, 6) is 0.838. The number of hydrogen-bond donors (Lipinski definition) is 0. The van der Waals surface area contributed by atoms with Crippen molar-refractivity contribution in [2.45, 2.75) is 20.8 Å². The van der Waals surface area contributed by atoms with Gasteiger partial charge in [-0.05, 0) is 20.8 Å². The van der Waals surface area contributed by atoms with E-state index < -0.39 is 0 Å². The van der Waals surface area contributed by atoms with Gasteiger partial charge < -0.3 is 0 Å². The average Bonchev–Trinajstić information content (AvgIpc) is 1.65. The summed E-state index contributed by atoms with van der Waals surface area (Å²) in [7, 11) is 1.74. The van der Waals surface area contributed by atoms with Gasteiger partial charge in [0.05, 0.1) is 0 Å². The van der Waals surface area contributed by atoms with E-state index in [9.17, 15) is 0 Å². The second kappa shape index (κ2) is 3.36. The van der Waals surface area contributed by atoms with Gasteiger partial charge in [0.15, 0.2) is 0 Å². The van der Waals surface area contributed by atoms with Crippen LogP contribution in [0.5, 0.6) is 0 Å². The molecule has 0 amide bonds.